The zero-order chi connectivity index (χ0) is 17.5. The third-order valence-corrected chi connectivity index (χ3v) is 5.68. The number of benzene rings is 1. The average molecular weight is 345 g/mol. The van der Waals surface area contributed by atoms with Gasteiger partial charge in [0.1, 0.15) is 0 Å². The van der Waals surface area contributed by atoms with Gasteiger partial charge in [0.2, 0.25) is 0 Å². The van der Waals surface area contributed by atoms with Gasteiger partial charge in [0, 0.05) is 40.9 Å². The van der Waals surface area contributed by atoms with Crippen molar-refractivity contribution in [1.82, 2.24) is 24.8 Å². The van der Waals surface area contributed by atoms with Crippen molar-refractivity contribution in [2.45, 2.75) is 38.3 Å². The molecule has 1 aliphatic carbocycles. The van der Waals surface area contributed by atoms with Crippen LogP contribution in [0.5, 0.6) is 0 Å². The van der Waals surface area contributed by atoms with E-state index < -0.39 is 0 Å². The molecule has 2 N–H and O–H groups in total. The number of aromatic amines is 2. The van der Waals surface area contributed by atoms with Gasteiger partial charge in [-0.1, -0.05) is 18.9 Å². The van der Waals surface area contributed by atoms with Crippen LogP contribution in [0.1, 0.15) is 31.2 Å². The minimum Gasteiger partial charge on any atom is -0.354 e. The monoisotopic (exact) mass is 345 g/mol. The van der Waals surface area contributed by atoms with E-state index >= 15 is 0 Å². The van der Waals surface area contributed by atoms with Crippen molar-refractivity contribution in [1.29, 1.82) is 0 Å². The van der Waals surface area contributed by atoms with E-state index in [1.807, 2.05) is 12.3 Å². The highest BCUT2D eigenvalue weighted by Crippen LogP contribution is 2.29. The Morgan fingerprint density at radius 2 is 2.00 bits per heavy atom. The first-order chi connectivity index (χ1) is 12.8. The molecule has 3 heterocycles. The van der Waals surface area contributed by atoms with Gasteiger partial charge in [0.05, 0.1) is 11.8 Å². The van der Waals surface area contributed by atoms with Crippen molar-refractivity contribution in [3.63, 3.8) is 0 Å². The fourth-order valence-electron chi connectivity index (χ4n) is 4.26. The van der Waals surface area contributed by atoms with Crippen LogP contribution in [-0.2, 0) is 6.54 Å². The number of nitrogens with one attached hydrogen (secondary N) is 2. The third kappa shape index (κ3) is 2.69. The fraction of sp³-hybridized carbons (Fsp3) is 0.333. The van der Waals surface area contributed by atoms with Crippen LogP contribution < -0.4 is 0 Å². The zero-order valence-electron chi connectivity index (χ0n) is 15.0. The number of imidazole rings is 1. The molecule has 5 heteroatoms. The predicted molar refractivity (Wildman–Crippen MR) is 105 cm³/mol. The molecule has 1 aliphatic rings. The molecule has 0 atom stereocenters. The lowest BCUT2D eigenvalue weighted by molar-refractivity contribution is 0.237. The Labute approximate surface area is 152 Å². The number of pyridine rings is 1. The summed E-state index contributed by atoms with van der Waals surface area (Å²) in [5.74, 6) is 0. The summed E-state index contributed by atoms with van der Waals surface area (Å²) in [6.07, 6.45) is 8.95. The standard InChI is InChI=1S/C21H23N5/c1-26(16-4-2-3-5-16)12-14-6-7-18-15(10-14)11-19(25-18)17-8-9-22-21-20(17)23-13-24-21/h6-11,13,16,25H,2-5,12H2,1H3,(H,22,23,24). The summed E-state index contributed by atoms with van der Waals surface area (Å²) in [6.45, 7) is 1.02. The first-order valence-corrected chi connectivity index (χ1v) is 9.38. The average Bonchev–Trinajstić information content (AvgIpc) is 3.39. The van der Waals surface area contributed by atoms with Gasteiger partial charge in [0.25, 0.3) is 0 Å². The topological polar surface area (TPSA) is 60.6 Å². The molecule has 0 spiro atoms. The lowest BCUT2D eigenvalue weighted by Crippen LogP contribution is -2.28. The highest BCUT2D eigenvalue weighted by atomic mass is 15.1. The van der Waals surface area contributed by atoms with Crippen LogP contribution in [0, 0.1) is 0 Å². The van der Waals surface area contributed by atoms with Crippen LogP contribution in [0.2, 0.25) is 0 Å². The van der Waals surface area contributed by atoms with Gasteiger partial charge in [-0.15, -0.1) is 0 Å². The highest BCUT2D eigenvalue weighted by molar-refractivity contribution is 5.93. The summed E-state index contributed by atoms with van der Waals surface area (Å²) in [5.41, 5.74) is 6.46. The quantitative estimate of drug-likeness (QED) is 0.573. The molecule has 5 nitrogen and oxygen atoms in total. The van der Waals surface area contributed by atoms with Gasteiger partial charge in [0.15, 0.2) is 5.65 Å². The Bertz CT molecular complexity index is 1050. The molecular weight excluding hydrogens is 322 g/mol. The van der Waals surface area contributed by atoms with E-state index in [2.05, 4.69) is 56.1 Å². The number of fused-ring (bicyclic) bond motifs is 2. The molecule has 0 radical (unpaired) electrons. The lowest BCUT2D eigenvalue weighted by Gasteiger charge is -2.24. The van der Waals surface area contributed by atoms with Crippen LogP contribution in [-0.4, -0.2) is 37.9 Å². The van der Waals surface area contributed by atoms with Gasteiger partial charge >= 0.3 is 0 Å². The summed E-state index contributed by atoms with van der Waals surface area (Å²) in [7, 11) is 2.26. The van der Waals surface area contributed by atoms with E-state index in [0.717, 1.165) is 40.5 Å². The third-order valence-electron chi connectivity index (χ3n) is 5.68. The van der Waals surface area contributed by atoms with E-state index in [9.17, 15) is 0 Å². The normalized spacial score (nSPS) is 15.6. The molecule has 0 unspecified atom stereocenters. The second-order valence-electron chi connectivity index (χ2n) is 7.42. The Morgan fingerprint density at radius 3 is 2.88 bits per heavy atom. The van der Waals surface area contributed by atoms with Gasteiger partial charge in [-0.2, -0.15) is 0 Å². The maximum Gasteiger partial charge on any atom is 0.178 e. The van der Waals surface area contributed by atoms with Crippen LogP contribution in [0.4, 0.5) is 0 Å². The smallest absolute Gasteiger partial charge is 0.178 e. The Balaban J connectivity index is 1.47. The minimum absolute atomic E-state index is 0.748. The van der Waals surface area contributed by atoms with Crippen LogP contribution in [0.15, 0.2) is 42.9 Å². The molecule has 26 heavy (non-hydrogen) atoms. The molecule has 3 aromatic heterocycles. The summed E-state index contributed by atoms with van der Waals surface area (Å²) in [5, 5.41) is 1.25. The molecule has 1 saturated carbocycles. The van der Waals surface area contributed by atoms with E-state index in [0.29, 0.717) is 0 Å². The number of nitrogens with zero attached hydrogens (tertiary/aromatic N) is 3. The fourth-order valence-corrected chi connectivity index (χ4v) is 4.26. The highest BCUT2D eigenvalue weighted by Gasteiger charge is 2.19. The van der Waals surface area contributed by atoms with Gasteiger partial charge in [-0.3, -0.25) is 4.90 Å². The summed E-state index contributed by atoms with van der Waals surface area (Å²) in [4.78, 5) is 17.8. The van der Waals surface area contributed by atoms with Crippen LogP contribution >= 0.6 is 0 Å². The Morgan fingerprint density at radius 1 is 1.12 bits per heavy atom. The maximum atomic E-state index is 4.30. The Kier molecular flexibility index (Phi) is 3.75. The molecule has 0 amide bonds. The second kappa shape index (κ2) is 6.25. The van der Waals surface area contributed by atoms with Crippen molar-refractivity contribution in [3.8, 4) is 11.3 Å². The molecule has 1 aromatic carbocycles. The SMILES string of the molecule is CN(Cc1ccc2[nH]c(-c3ccnc4nc[nH]c34)cc2c1)C1CCCC1. The molecule has 0 saturated heterocycles. The molecule has 5 rings (SSSR count). The van der Waals surface area contributed by atoms with Crippen molar-refractivity contribution in [2.75, 3.05) is 7.05 Å². The van der Waals surface area contributed by atoms with Crippen molar-refractivity contribution in [2.24, 2.45) is 0 Å². The second-order valence-corrected chi connectivity index (χ2v) is 7.42. The molecule has 4 aromatic rings. The molecule has 132 valence electrons. The summed E-state index contributed by atoms with van der Waals surface area (Å²) in [6, 6.07) is 11.8. The van der Waals surface area contributed by atoms with Crippen molar-refractivity contribution < 1.29 is 0 Å². The number of hydrogen-bond donors (Lipinski definition) is 2. The predicted octanol–water partition coefficient (Wildman–Crippen LogP) is 4.48. The number of hydrogen-bond acceptors (Lipinski definition) is 3. The molecule has 1 fully saturated rings. The van der Waals surface area contributed by atoms with E-state index in [4.69, 9.17) is 0 Å². The van der Waals surface area contributed by atoms with Gasteiger partial charge < -0.3 is 9.97 Å². The largest absolute Gasteiger partial charge is 0.354 e. The van der Waals surface area contributed by atoms with Crippen LogP contribution in [0.3, 0.4) is 0 Å². The van der Waals surface area contributed by atoms with E-state index in [1.54, 1.807) is 6.33 Å². The van der Waals surface area contributed by atoms with Crippen molar-refractivity contribution in [3.05, 3.63) is 48.4 Å². The van der Waals surface area contributed by atoms with Gasteiger partial charge in [-0.05, 0) is 49.7 Å². The lowest BCUT2D eigenvalue weighted by atomic mass is 10.1. The first kappa shape index (κ1) is 15.6. The maximum absolute atomic E-state index is 4.30. The van der Waals surface area contributed by atoms with E-state index in [1.165, 1.54) is 36.6 Å². The first-order valence-electron chi connectivity index (χ1n) is 9.38. The van der Waals surface area contributed by atoms with Gasteiger partial charge in [-0.25, -0.2) is 9.97 Å². The van der Waals surface area contributed by atoms with Crippen LogP contribution in [0.25, 0.3) is 33.3 Å². The zero-order valence-corrected chi connectivity index (χ0v) is 15.0. The summed E-state index contributed by atoms with van der Waals surface area (Å²) >= 11 is 0. The Hall–Kier alpha value is -2.66. The van der Waals surface area contributed by atoms with E-state index in [-0.39, 0.29) is 0 Å². The minimum atomic E-state index is 0.748. The molecular formula is C21H23N5. The number of aromatic nitrogens is 4. The molecule has 0 bridgehead atoms. The summed E-state index contributed by atoms with van der Waals surface area (Å²) < 4.78 is 0. The number of rotatable bonds is 4. The van der Waals surface area contributed by atoms with Crippen molar-refractivity contribution >= 4 is 22.1 Å². The molecule has 0 aliphatic heterocycles. The number of H-pyrrole nitrogens is 2.